The third-order valence-corrected chi connectivity index (χ3v) is 3.54. The number of imidazole rings is 1. The Kier molecular flexibility index (Phi) is 5.88. The molecule has 9 N–H and O–H groups in total. The third kappa shape index (κ3) is 4.58. The molecule has 0 unspecified atom stereocenters. The molecule has 2 aromatic rings. The van der Waals surface area contributed by atoms with Gasteiger partial charge in [-0.3, -0.25) is 4.57 Å². The van der Waals surface area contributed by atoms with Crippen LogP contribution >= 0.6 is 20.0 Å². The maximum atomic E-state index is 10.0. The second-order valence-electron chi connectivity index (χ2n) is 5.02. The van der Waals surface area contributed by atoms with Crippen LogP contribution in [-0.2, 0) is 9.30 Å². The standard InChI is InChI=1S/C10H13N5O4S.H3O4P/c11-10-13-7-4(8(20)14-10)12-2-15(7)9-6(18)5(17)3(1-16)19-9;1-5(2,3)4/h2-3,5-6,9,16-18H,1H2,(H3,11,13,14,20);(H3,1,2,3,4)/t3-,5-,6-,9-;/m1./s1. The summed E-state index contributed by atoms with van der Waals surface area (Å²) in [6, 6.07) is 0. The molecular formula is C10H16N5O8PS. The maximum Gasteiger partial charge on any atom is 0.466 e. The molecule has 1 fully saturated rings. The van der Waals surface area contributed by atoms with E-state index in [2.05, 4.69) is 15.0 Å². The summed E-state index contributed by atoms with van der Waals surface area (Å²) in [4.78, 5) is 32.4. The quantitative estimate of drug-likeness (QED) is 0.199. The average molecular weight is 397 g/mol. The minimum absolute atomic E-state index is 0.107. The molecule has 1 saturated heterocycles. The fourth-order valence-corrected chi connectivity index (χ4v) is 2.49. The Labute approximate surface area is 144 Å². The Bertz CT molecular complexity index is 843. The molecule has 1 aliphatic heterocycles. The predicted molar refractivity (Wildman–Crippen MR) is 84.4 cm³/mol. The zero-order chi connectivity index (χ0) is 18.9. The zero-order valence-corrected chi connectivity index (χ0v) is 14.1. The number of aliphatic hydroxyl groups excluding tert-OH is 3. The van der Waals surface area contributed by atoms with Crippen LogP contribution in [0.15, 0.2) is 6.33 Å². The number of anilines is 1. The van der Waals surface area contributed by atoms with Crippen molar-refractivity contribution in [2.45, 2.75) is 24.5 Å². The van der Waals surface area contributed by atoms with Crippen LogP contribution in [0.3, 0.4) is 0 Å². The van der Waals surface area contributed by atoms with Crippen molar-refractivity contribution in [3.63, 3.8) is 0 Å². The van der Waals surface area contributed by atoms with Crippen LogP contribution in [0.1, 0.15) is 6.23 Å². The highest BCUT2D eigenvalue weighted by Crippen LogP contribution is 2.31. The van der Waals surface area contributed by atoms with Gasteiger partial charge in [-0.2, -0.15) is 4.98 Å². The Balaban J connectivity index is 0.000000399. The lowest BCUT2D eigenvalue weighted by molar-refractivity contribution is -0.0511. The highest BCUT2D eigenvalue weighted by Gasteiger charge is 2.43. The Morgan fingerprint density at radius 1 is 1.36 bits per heavy atom. The molecule has 0 aromatic carbocycles. The first-order valence-electron chi connectivity index (χ1n) is 6.66. The smallest absolute Gasteiger partial charge is 0.394 e. The molecule has 4 atom stereocenters. The number of hydrogen-bond acceptors (Lipinski definition) is 9. The molecule has 1 aliphatic rings. The van der Waals surface area contributed by atoms with Crippen LogP contribution in [0.5, 0.6) is 0 Å². The van der Waals surface area contributed by atoms with E-state index in [1.807, 2.05) is 0 Å². The summed E-state index contributed by atoms with van der Waals surface area (Å²) in [5.41, 5.74) is 6.34. The molecule has 25 heavy (non-hydrogen) atoms. The number of phosphoric acid groups is 1. The number of nitrogens with zero attached hydrogens (tertiary/aromatic N) is 3. The fraction of sp³-hybridized carbons (Fsp3) is 0.500. The van der Waals surface area contributed by atoms with Crippen LogP contribution in [0, 0.1) is 4.64 Å². The van der Waals surface area contributed by atoms with E-state index < -0.39 is 39.0 Å². The molecule has 0 bridgehead atoms. The summed E-state index contributed by atoms with van der Waals surface area (Å²) < 4.78 is 16.0. The lowest BCUT2D eigenvalue weighted by atomic mass is 10.1. The molecule has 0 saturated carbocycles. The Morgan fingerprint density at radius 3 is 2.48 bits per heavy atom. The van der Waals surface area contributed by atoms with Gasteiger partial charge in [0, 0.05) is 0 Å². The minimum atomic E-state index is -4.64. The van der Waals surface area contributed by atoms with E-state index in [1.54, 1.807) is 0 Å². The van der Waals surface area contributed by atoms with Crippen molar-refractivity contribution in [3.8, 4) is 0 Å². The molecule has 0 radical (unpaired) electrons. The number of nitrogen functional groups attached to an aromatic ring is 1. The van der Waals surface area contributed by atoms with E-state index >= 15 is 0 Å². The van der Waals surface area contributed by atoms with E-state index in [4.69, 9.17) is 47.0 Å². The summed E-state index contributed by atoms with van der Waals surface area (Å²) in [7, 11) is -4.64. The summed E-state index contributed by atoms with van der Waals surface area (Å²) in [6.45, 7) is -0.406. The first kappa shape index (κ1) is 19.8. The largest absolute Gasteiger partial charge is 0.466 e. The summed E-state index contributed by atoms with van der Waals surface area (Å²) in [5, 5.41) is 28.9. The number of aromatic nitrogens is 4. The average Bonchev–Trinajstić information content (AvgIpc) is 3.00. The number of ether oxygens (including phenoxy) is 1. The van der Waals surface area contributed by atoms with Crippen molar-refractivity contribution in [2.24, 2.45) is 0 Å². The normalized spacial score (nSPS) is 26.5. The van der Waals surface area contributed by atoms with Crippen LogP contribution in [0.25, 0.3) is 11.2 Å². The second kappa shape index (κ2) is 7.41. The van der Waals surface area contributed by atoms with Crippen molar-refractivity contribution in [3.05, 3.63) is 11.0 Å². The highest BCUT2D eigenvalue weighted by molar-refractivity contribution is 7.71. The second-order valence-corrected chi connectivity index (χ2v) is 6.45. The number of nitrogens with two attached hydrogens (primary N) is 1. The summed E-state index contributed by atoms with van der Waals surface area (Å²) in [5.74, 6) is 0.107. The lowest BCUT2D eigenvalue weighted by Gasteiger charge is -2.16. The molecule has 3 heterocycles. The van der Waals surface area contributed by atoms with Gasteiger partial charge in [-0.05, 0) is 0 Å². The molecule has 0 spiro atoms. The topological polar surface area (TPSA) is 220 Å². The number of H-pyrrole nitrogens is 1. The number of rotatable bonds is 2. The van der Waals surface area contributed by atoms with Gasteiger partial charge in [0.15, 0.2) is 11.9 Å². The molecule has 140 valence electrons. The molecule has 15 heteroatoms. The minimum Gasteiger partial charge on any atom is -0.394 e. The van der Waals surface area contributed by atoms with E-state index in [1.165, 1.54) is 10.9 Å². The van der Waals surface area contributed by atoms with Gasteiger partial charge in [-0.25, -0.2) is 9.55 Å². The van der Waals surface area contributed by atoms with Gasteiger partial charge in [0.25, 0.3) is 0 Å². The van der Waals surface area contributed by atoms with Crippen molar-refractivity contribution in [1.29, 1.82) is 0 Å². The predicted octanol–water partition coefficient (Wildman–Crippen LogP) is -2.25. The number of fused-ring (bicyclic) bond motifs is 1. The van der Waals surface area contributed by atoms with Crippen molar-refractivity contribution < 1.29 is 39.3 Å². The van der Waals surface area contributed by atoms with Gasteiger partial charge in [0.05, 0.1) is 12.9 Å². The number of nitrogens with one attached hydrogen (secondary N) is 1. The Hall–Kier alpha value is -1.48. The highest BCUT2D eigenvalue weighted by atomic mass is 32.1. The van der Waals surface area contributed by atoms with Crippen molar-refractivity contribution in [1.82, 2.24) is 19.5 Å². The van der Waals surface area contributed by atoms with Gasteiger partial charge < -0.3 is 45.5 Å². The molecular weight excluding hydrogens is 381 g/mol. The van der Waals surface area contributed by atoms with Gasteiger partial charge >= 0.3 is 7.82 Å². The van der Waals surface area contributed by atoms with Gasteiger partial charge in [0.2, 0.25) is 5.95 Å². The SMILES string of the molecule is Nc1nc2c(ncn2[C@@H]2O[C@H](CO)[C@@H](O)[C@H]2O)c(=S)[nH]1.O=P(O)(O)O. The van der Waals surface area contributed by atoms with Crippen LogP contribution in [0.4, 0.5) is 5.95 Å². The maximum absolute atomic E-state index is 10.0. The van der Waals surface area contributed by atoms with Crippen molar-refractivity contribution in [2.75, 3.05) is 12.3 Å². The van der Waals surface area contributed by atoms with E-state index in [0.717, 1.165) is 0 Å². The summed E-state index contributed by atoms with van der Waals surface area (Å²) >= 11 is 5.08. The zero-order valence-electron chi connectivity index (χ0n) is 12.4. The van der Waals surface area contributed by atoms with Gasteiger partial charge in [0.1, 0.15) is 28.5 Å². The van der Waals surface area contributed by atoms with E-state index in [-0.39, 0.29) is 5.95 Å². The molecule has 2 aromatic heterocycles. The van der Waals surface area contributed by atoms with Crippen LogP contribution < -0.4 is 5.73 Å². The monoisotopic (exact) mass is 397 g/mol. The fourth-order valence-electron chi connectivity index (χ4n) is 2.24. The number of hydrogen-bond donors (Lipinski definition) is 8. The lowest BCUT2D eigenvalue weighted by Crippen LogP contribution is -2.33. The van der Waals surface area contributed by atoms with Crippen LogP contribution in [0.2, 0.25) is 0 Å². The summed E-state index contributed by atoms with van der Waals surface area (Å²) in [6.07, 6.45) is -2.82. The van der Waals surface area contributed by atoms with Gasteiger partial charge in [-0.1, -0.05) is 12.2 Å². The third-order valence-electron chi connectivity index (χ3n) is 3.24. The van der Waals surface area contributed by atoms with Gasteiger partial charge in [-0.15, -0.1) is 0 Å². The first-order valence-corrected chi connectivity index (χ1v) is 8.63. The molecule has 3 rings (SSSR count). The molecule has 0 aliphatic carbocycles. The first-order chi connectivity index (χ1) is 11.5. The number of aliphatic hydroxyl groups is 3. The molecule has 0 amide bonds. The number of aromatic amines is 1. The van der Waals surface area contributed by atoms with E-state index in [0.29, 0.717) is 15.8 Å². The van der Waals surface area contributed by atoms with Crippen LogP contribution in [-0.4, -0.2) is 74.4 Å². The van der Waals surface area contributed by atoms with E-state index in [9.17, 15) is 10.2 Å². The van der Waals surface area contributed by atoms with Crippen molar-refractivity contribution >= 4 is 37.2 Å². The molecule has 13 nitrogen and oxygen atoms in total. The Morgan fingerprint density at radius 2 is 1.96 bits per heavy atom.